The van der Waals surface area contributed by atoms with Crippen molar-refractivity contribution >= 4 is 27.3 Å². The second-order valence-electron chi connectivity index (χ2n) is 6.87. The Balaban J connectivity index is 1.38. The van der Waals surface area contributed by atoms with Gasteiger partial charge < -0.3 is 15.4 Å². The highest BCUT2D eigenvalue weighted by atomic mass is 32.1. The van der Waals surface area contributed by atoms with Gasteiger partial charge in [0.25, 0.3) is 11.5 Å². The van der Waals surface area contributed by atoms with Crippen molar-refractivity contribution in [2.24, 2.45) is 0 Å². The molecular formula is C20H21N3O3S. The number of nitrogens with one attached hydrogen (secondary N) is 2. The van der Waals surface area contributed by atoms with E-state index in [2.05, 4.69) is 27.3 Å². The molecule has 0 aliphatic carbocycles. The Hall–Kier alpha value is -2.48. The van der Waals surface area contributed by atoms with Gasteiger partial charge in [0.15, 0.2) is 0 Å². The van der Waals surface area contributed by atoms with Crippen molar-refractivity contribution in [1.29, 1.82) is 0 Å². The van der Waals surface area contributed by atoms with E-state index in [0.29, 0.717) is 17.5 Å². The molecule has 1 unspecified atom stereocenters. The molecule has 1 aliphatic rings. The van der Waals surface area contributed by atoms with Gasteiger partial charge in [-0.3, -0.25) is 14.5 Å². The van der Waals surface area contributed by atoms with Crippen molar-refractivity contribution in [3.05, 3.63) is 69.0 Å². The fourth-order valence-electron chi connectivity index (χ4n) is 3.42. The van der Waals surface area contributed by atoms with Crippen LogP contribution in [-0.2, 0) is 13.1 Å². The number of carbonyl (C=O) groups excluding carboxylic acids is 1. The summed E-state index contributed by atoms with van der Waals surface area (Å²) >= 11 is 1.39. The summed E-state index contributed by atoms with van der Waals surface area (Å²) < 4.78 is 0.806. The maximum atomic E-state index is 12.5. The van der Waals surface area contributed by atoms with E-state index in [1.807, 2.05) is 12.1 Å². The second-order valence-corrected chi connectivity index (χ2v) is 7.78. The van der Waals surface area contributed by atoms with Gasteiger partial charge in [-0.05, 0) is 23.6 Å². The third-order valence-electron chi connectivity index (χ3n) is 4.87. The molecule has 1 aliphatic heterocycles. The predicted octanol–water partition coefficient (Wildman–Crippen LogP) is 2.09. The maximum absolute atomic E-state index is 12.5. The van der Waals surface area contributed by atoms with E-state index in [1.54, 1.807) is 17.6 Å². The van der Waals surface area contributed by atoms with Crippen LogP contribution < -0.4 is 10.9 Å². The van der Waals surface area contributed by atoms with E-state index in [4.69, 9.17) is 0 Å². The lowest BCUT2D eigenvalue weighted by molar-refractivity contribution is 0.0953. The first-order chi connectivity index (χ1) is 13.1. The molecule has 6 nitrogen and oxygen atoms in total. The minimum absolute atomic E-state index is 0.208. The van der Waals surface area contributed by atoms with Gasteiger partial charge in [0, 0.05) is 42.5 Å². The molecule has 1 atom stereocenters. The molecule has 0 bridgehead atoms. The van der Waals surface area contributed by atoms with Gasteiger partial charge >= 0.3 is 0 Å². The summed E-state index contributed by atoms with van der Waals surface area (Å²) in [5.74, 6) is -0.243. The van der Waals surface area contributed by atoms with Crippen LogP contribution in [0.3, 0.4) is 0 Å². The lowest BCUT2D eigenvalue weighted by Gasteiger charge is -2.15. The Morgan fingerprint density at radius 2 is 2.04 bits per heavy atom. The predicted molar refractivity (Wildman–Crippen MR) is 106 cm³/mol. The third-order valence-corrected chi connectivity index (χ3v) is 5.82. The summed E-state index contributed by atoms with van der Waals surface area (Å²) in [6.45, 7) is 2.88. The molecule has 3 aromatic rings. The van der Waals surface area contributed by atoms with E-state index < -0.39 is 0 Å². The average molecular weight is 383 g/mol. The number of benzene rings is 1. The summed E-state index contributed by atoms with van der Waals surface area (Å²) in [7, 11) is 0. The Morgan fingerprint density at radius 1 is 1.26 bits per heavy atom. The summed E-state index contributed by atoms with van der Waals surface area (Å²) in [5.41, 5.74) is 2.37. The standard InChI is InChI=1S/C20H21N3O3S/c24-15-6-8-23(11-15)10-14-3-1-13(2-4-14)9-22-19(25)16-12-27-17-5-7-21-20(26)18(16)17/h1-5,7,12,15,24H,6,8-11H2,(H,21,26)(H,22,25). The van der Waals surface area contributed by atoms with E-state index in [0.717, 1.165) is 36.3 Å². The molecule has 2 aromatic heterocycles. The highest BCUT2D eigenvalue weighted by Crippen LogP contribution is 2.22. The Bertz CT molecular complexity index is 1010. The summed E-state index contributed by atoms with van der Waals surface area (Å²) in [4.78, 5) is 29.3. The minimum Gasteiger partial charge on any atom is -0.392 e. The quantitative estimate of drug-likeness (QED) is 0.630. The molecule has 1 aromatic carbocycles. The molecule has 4 rings (SSSR count). The molecule has 0 spiro atoms. The largest absolute Gasteiger partial charge is 0.392 e. The van der Waals surface area contributed by atoms with Crippen LogP contribution in [0, 0.1) is 0 Å². The van der Waals surface area contributed by atoms with E-state index in [9.17, 15) is 14.7 Å². The highest BCUT2D eigenvalue weighted by Gasteiger charge is 2.20. The third kappa shape index (κ3) is 3.95. The number of likely N-dealkylation sites (tertiary alicyclic amines) is 1. The number of amides is 1. The van der Waals surface area contributed by atoms with Gasteiger partial charge in [0.1, 0.15) is 0 Å². The van der Waals surface area contributed by atoms with Gasteiger partial charge in [-0.15, -0.1) is 11.3 Å². The highest BCUT2D eigenvalue weighted by molar-refractivity contribution is 7.17. The van der Waals surface area contributed by atoms with Crippen LogP contribution in [0.25, 0.3) is 10.1 Å². The van der Waals surface area contributed by atoms with E-state index in [-0.39, 0.29) is 17.6 Å². The lowest BCUT2D eigenvalue weighted by atomic mass is 10.1. The molecule has 0 saturated carbocycles. The first-order valence-electron chi connectivity index (χ1n) is 8.95. The molecule has 7 heteroatoms. The zero-order valence-corrected chi connectivity index (χ0v) is 15.6. The van der Waals surface area contributed by atoms with Crippen LogP contribution in [0.5, 0.6) is 0 Å². The number of pyridine rings is 1. The molecule has 1 fully saturated rings. The van der Waals surface area contributed by atoms with Gasteiger partial charge in [-0.1, -0.05) is 24.3 Å². The minimum atomic E-state index is -0.243. The summed E-state index contributed by atoms with van der Waals surface area (Å²) in [5, 5.41) is 14.7. The number of hydrogen-bond donors (Lipinski definition) is 3. The summed E-state index contributed by atoms with van der Waals surface area (Å²) in [6, 6.07) is 9.91. The number of rotatable bonds is 5. The molecule has 0 radical (unpaired) electrons. The second kappa shape index (κ2) is 7.64. The number of fused-ring (bicyclic) bond motifs is 1. The molecule has 1 amide bonds. The molecule has 140 valence electrons. The van der Waals surface area contributed by atoms with Crippen LogP contribution in [-0.4, -0.2) is 40.1 Å². The topological polar surface area (TPSA) is 85.4 Å². The van der Waals surface area contributed by atoms with Gasteiger partial charge in [-0.2, -0.15) is 0 Å². The molecule has 27 heavy (non-hydrogen) atoms. The number of carbonyl (C=O) groups is 1. The van der Waals surface area contributed by atoms with Crippen molar-refractivity contribution in [3.63, 3.8) is 0 Å². The molecule has 3 heterocycles. The summed E-state index contributed by atoms with van der Waals surface area (Å²) in [6.07, 6.45) is 2.22. The first-order valence-corrected chi connectivity index (χ1v) is 9.83. The number of hydrogen-bond acceptors (Lipinski definition) is 5. The van der Waals surface area contributed by atoms with Gasteiger partial charge in [-0.25, -0.2) is 0 Å². The zero-order chi connectivity index (χ0) is 18.8. The molecule has 3 N–H and O–H groups in total. The SMILES string of the molecule is O=C(NCc1ccc(CN2CCC(O)C2)cc1)c1csc2cc[nH]c(=O)c12. The van der Waals surface area contributed by atoms with Crippen molar-refractivity contribution in [1.82, 2.24) is 15.2 Å². The smallest absolute Gasteiger partial charge is 0.257 e. The number of H-pyrrole nitrogens is 1. The van der Waals surface area contributed by atoms with Crippen molar-refractivity contribution in [2.75, 3.05) is 13.1 Å². The normalized spacial score (nSPS) is 17.4. The zero-order valence-electron chi connectivity index (χ0n) is 14.8. The van der Waals surface area contributed by atoms with E-state index >= 15 is 0 Å². The first kappa shape index (κ1) is 17.9. The van der Waals surface area contributed by atoms with Crippen molar-refractivity contribution < 1.29 is 9.90 Å². The van der Waals surface area contributed by atoms with Crippen LogP contribution in [0.4, 0.5) is 0 Å². The van der Waals surface area contributed by atoms with Crippen LogP contribution in [0.2, 0.25) is 0 Å². The number of thiophene rings is 1. The van der Waals surface area contributed by atoms with Crippen LogP contribution in [0.1, 0.15) is 27.9 Å². The van der Waals surface area contributed by atoms with Crippen LogP contribution >= 0.6 is 11.3 Å². The van der Waals surface area contributed by atoms with Gasteiger partial charge in [0.2, 0.25) is 0 Å². The fourth-order valence-corrected chi connectivity index (χ4v) is 4.35. The number of nitrogens with zero attached hydrogens (tertiary/aromatic N) is 1. The van der Waals surface area contributed by atoms with Crippen molar-refractivity contribution in [2.45, 2.75) is 25.6 Å². The lowest BCUT2D eigenvalue weighted by Crippen LogP contribution is -2.24. The Labute approximate surface area is 160 Å². The van der Waals surface area contributed by atoms with E-state index in [1.165, 1.54) is 16.9 Å². The monoisotopic (exact) mass is 383 g/mol. The number of aromatic amines is 1. The number of β-amino-alcohol motifs (C(OH)–C–C–N with tert-alkyl or cyclic N) is 1. The number of aliphatic hydroxyl groups is 1. The number of aromatic nitrogens is 1. The Kier molecular flexibility index (Phi) is 5.07. The Morgan fingerprint density at radius 3 is 2.78 bits per heavy atom. The van der Waals surface area contributed by atoms with Crippen molar-refractivity contribution in [3.8, 4) is 0 Å². The molecular weight excluding hydrogens is 362 g/mol. The van der Waals surface area contributed by atoms with Gasteiger partial charge in [0.05, 0.1) is 17.1 Å². The average Bonchev–Trinajstić information content (AvgIpc) is 3.28. The maximum Gasteiger partial charge on any atom is 0.257 e. The fraction of sp³-hybridized carbons (Fsp3) is 0.300. The molecule has 1 saturated heterocycles. The number of aliphatic hydroxyl groups excluding tert-OH is 1. The van der Waals surface area contributed by atoms with Crippen LogP contribution in [0.15, 0.2) is 46.7 Å².